The zero-order valence-corrected chi connectivity index (χ0v) is 16.6. The van der Waals surface area contributed by atoms with Crippen LogP contribution in [-0.2, 0) is 5.41 Å². The second-order valence-corrected chi connectivity index (χ2v) is 7.96. The van der Waals surface area contributed by atoms with Crippen LogP contribution in [-0.4, -0.2) is 48.5 Å². The molecule has 1 rings (SSSR count). The molecule has 4 heteroatoms. The molecular formula is C20H35NO3. The standard InChI is InChI=1S/C20H35NO3/c1-14(2)21(15(3)4)12-16(22)13-24-19-10-9-17(23-8)11-18(19)20(5,6)7/h9-11,14-16,22H,12-13H2,1-8H3/t16-/m1/s1. The van der Waals surface area contributed by atoms with Crippen molar-refractivity contribution in [2.24, 2.45) is 0 Å². The summed E-state index contributed by atoms with van der Waals surface area (Å²) < 4.78 is 11.3. The molecule has 1 N–H and O–H groups in total. The largest absolute Gasteiger partial charge is 0.497 e. The van der Waals surface area contributed by atoms with E-state index in [2.05, 4.69) is 53.4 Å². The summed E-state index contributed by atoms with van der Waals surface area (Å²) in [5.41, 5.74) is 1.02. The maximum atomic E-state index is 10.4. The lowest BCUT2D eigenvalue weighted by Gasteiger charge is -2.32. The van der Waals surface area contributed by atoms with Crippen LogP contribution < -0.4 is 9.47 Å². The summed E-state index contributed by atoms with van der Waals surface area (Å²) in [6.07, 6.45) is -0.523. The molecule has 0 spiro atoms. The van der Waals surface area contributed by atoms with Crippen molar-refractivity contribution in [3.63, 3.8) is 0 Å². The van der Waals surface area contributed by atoms with Gasteiger partial charge in [-0.3, -0.25) is 4.90 Å². The van der Waals surface area contributed by atoms with Gasteiger partial charge in [0.05, 0.1) is 7.11 Å². The maximum absolute atomic E-state index is 10.4. The van der Waals surface area contributed by atoms with E-state index in [4.69, 9.17) is 9.47 Å². The zero-order chi connectivity index (χ0) is 18.5. The highest BCUT2D eigenvalue weighted by molar-refractivity contribution is 5.44. The first-order valence-corrected chi connectivity index (χ1v) is 8.81. The van der Waals surface area contributed by atoms with E-state index in [-0.39, 0.29) is 12.0 Å². The Morgan fingerprint density at radius 2 is 1.67 bits per heavy atom. The van der Waals surface area contributed by atoms with E-state index in [0.29, 0.717) is 18.6 Å². The van der Waals surface area contributed by atoms with Crippen LogP contribution in [0.5, 0.6) is 11.5 Å². The predicted octanol–water partition coefficient (Wildman–Crippen LogP) is 3.85. The number of hydrogen-bond acceptors (Lipinski definition) is 4. The highest BCUT2D eigenvalue weighted by Crippen LogP contribution is 2.34. The summed E-state index contributed by atoms with van der Waals surface area (Å²) in [5, 5.41) is 10.4. The number of rotatable bonds is 8. The second-order valence-electron chi connectivity index (χ2n) is 7.96. The molecule has 138 valence electrons. The minimum Gasteiger partial charge on any atom is -0.497 e. The van der Waals surface area contributed by atoms with Gasteiger partial charge in [-0.15, -0.1) is 0 Å². The minimum atomic E-state index is -0.523. The fourth-order valence-corrected chi connectivity index (χ4v) is 2.85. The van der Waals surface area contributed by atoms with Gasteiger partial charge in [0.15, 0.2) is 0 Å². The van der Waals surface area contributed by atoms with Crippen LogP contribution in [0.4, 0.5) is 0 Å². The number of benzene rings is 1. The van der Waals surface area contributed by atoms with E-state index in [9.17, 15) is 5.11 Å². The van der Waals surface area contributed by atoms with Crippen molar-refractivity contribution in [2.75, 3.05) is 20.3 Å². The smallest absolute Gasteiger partial charge is 0.123 e. The van der Waals surface area contributed by atoms with Gasteiger partial charge in [-0.25, -0.2) is 0 Å². The first-order chi connectivity index (χ1) is 11.1. The third-order valence-electron chi connectivity index (χ3n) is 4.17. The molecule has 0 aliphatic carbocycles. The van der Waals surface area contributed by atoms with Crippen LogP contribution in [0.2, 0.25) is 0 Å². The zero-order valence-electron chi connectivity index (χ0n) is 16.6. The fourth-order valence-electron chi connectivity index (χ4n) is 2.85. The predicted molar refractivity (Wildman–Crippen MR) is 100 cm³/mol. The normalized spacial score (nSPS) is 13.7. The highest BCUT2D eigenvalue weighted by Gasteiger charge is 2.22. The molecule has 24 heavy (non-hydrogen) atoms. The number of methoxy groups -OCH3 is 1. The molecule has 1 atom stereocenters. The Hall–Kier alpha value is -1.26. The number of aliphatic hydroxyl groups is 1. The SMILES string of the molecule is COc1ccc(OC[C@H](O)CN(C(C)C)C(C)C)c(C(C)(C)C)c1. The Labute approximate surface area is 147 Å². The summed E-state index contributed by atoms with van der Waals surface area (Å²) in [6.45, 7) is 15.9. The van der Waals surface area contributed by atoms with Gasteiger partial charge in [-0.05, 0) is 51.3 Å². The van der Waals surface area contributed by atoms with Crippen LogP contribution >= 0.6 is 0 Å². The molecule has 4 nitrogen and oxygen atoms in total. The van der Waals surface area contributed by atoms with Crippen LogP contribution in [0.15, 0.2) is 18.2 Å². The van der Waals surface area contributed by atoms with E-state index in [1.54, 1.807) is 7.11 Å². The summed E-state index contributed by atoms with van der Waals surface area (Å²) >= 11 is 0. The average molecular weight is 338 g/mol. The Bertz CT molecular complexity index is 498. The Morgan fingerprint density at radius 3 is 2.12 bits per heavy atom. The molecule has 0 aromatic heterocycles. The third-order valence-corrected chi connectivity index (χ3v) is 4.17. The summed E-state index contributed by atoms with van der Waals surface area (Å²) in [5.74, 6) is 1.63. The molecule has 0 saturated carbocycles. The van der Waals surface area contributed by atoms with E-state index in [1.807, 2.05) is 18.2 Å². The van der Waals surface area contributed by atoms with Crippen molar-refractivity contribution in [1.82, 2.24) is 4.90 Å². The second kappa shape index (κ2) is 8.72. The van der Waals surface area contributed by atoms with E-state index < -0.39 is 6.10 Å². The third kappa shape index (κ3) is 5.99. The van der Waals surface area contributed by atoms with Crippen molar-refractivity contribution < 1.29 is 14.6 Å². The average Bonchev–Trinajstić information content (AvgIpc) is 2.48. The van der Waals surface area contributed by atoms with Crippen LogP contribution in [0.3, 0.4) is 0 Å². The fraction of sp³-hybridized carbons (Fsp3) is 0.700. The van der Waals surface area contributed by atoms with E-state index in [0.717, 1.165) is 17.1 Å². The van der Waals surface area contributed by atoms with Gasteiger partial charge >= 0.3 is 0 Å². The lowest BCUT2D eigenvalue weighted by molar-refractivity contribution is 0.0441. The molecule has 0 radical (unpaired) electrons. The molecule has 0 amide bonds. The molecule has 1 aromatic carbocycles. The summed E-state index contributed by atoms with van der Waals surface area (Å²) in [7, 11) is 1.67. The lowest BCUT2D eigenvalue weighted by Crippen LogP contribution is -2.43. The number of hydrogen-bond donors (Lipinski definition) is 1. The quantitative estimate of drug-likeness (QED) is 0.782. The molecule has 1 aromatic rings. The van der Waals surface area contributed by atoms with E-state index in [1.165, 1.54) is 0 Å². The van der Waals surface area contributed by atoms with Gasteiger partial charge in [-0.2, -0.15) is 0 Å². The highest BCUT2D eigenvalue weighted by atomic mass is 16.5. The summed E-state index contributed by atoms with van der Waals surface area (Å²) in [6, 6.07) is 6.62. The van der Waals surface area contributed by atoms with Gasteiger partial charge < -0.3 is 14.6 Å². The van der Waals surface area contributed by atoms with Crippen molar-refractivity contribution >= 4 is 0 Å². The first-order valence-electron chi connectivity index (χ1n) is 8.81. The van der Waals surface area contributed by atoms with Gasteiger partial charge in [0, 0.05) is 24.2 Å². The van der Waals surface area contributed by atoms with Crippen molar-refractivity contribution in [3.8, 4) is 11.5 Å². The van der Waals surface area contributed by atoms with Gasteiger partial charge in [0.1, 0.15) is 24.2 Å². The molecule has 0 bridgehead atoms. The van der Waals surface area contributed by atoms with Crippen LogP contribution in [0, 0.1) is 0 Å². The molecule has 0 heterocycles. The van der Waals surface area contributed by atoms with Crippen LogP contribution in [0.1, 0.15) is 54.0 Å². The number of ether oxygens (including phenoxy) is 2. The molecule has 0 fully saturated rings. The topological polar surface area (TPSA) is 41.9 Å². The van der Waals surface area contributed by atoms with Gasteiger partial charge in [0.2, 0.25) is 0 Å². The number of aliphatic hydroxyl groups excluding tert-OH is 1. The van der Waals surface area contributed by atoms with Gasteiger partial charge in [-0.1, -0.05) is 20.8 Å². The Balaban J connectivity index is 2.80. The van der Waals surface area contributed by atoms with E-state index >= 15 is 0 Å². The molecular weight excluding hydrogens is 302 g/mol. The number of nitrogens with zero attached hydrogens (tertiary/aromatic N) is 1. The lowest BCUT2D eigenvalue weighted by atomic mass is 9.86. The molecule has 0 unspecified atom stereocenters. The van der Waals surface area contributed by atoms with Crippen molar-refractivity contribution in [1.29, 1.82) is 0 Å². The van der Waals surface area contributed by atoms with Crippen LogP contribution in [0.25, 0.3) is 0 Å². The van der Waals surface area contributed by atoms with Gasteiger partial charge in [0.25, 0.3) is 0 Å². The Kier molecular flexibility index (Phi) is 7.56. The monoisotopic (exact) mass is 337 g/mol. The molecule has 0 aliphatic heterocycles. The minimum absolute atomic E-state index is 0.0588. The Morgan fingerprint density at radius 1 is 1.08 bits per heavy atom. The molecule has 0 aliphatic rings. The molecule has 0 saturated heterocycles. The maximum Gasteiger partial charge on any atom is 0.123 e. The van der Waals surface area contributed by atoms with Crippen molar-refractivity contribution in [3.05, 3.63) is 23.8 Å². The van der Waals surface area contributed by atoms with Crippen molar-refractivity contribution in [2.45, 2.75) is 72.1 Å². The summed E-state index contributed by atoms with van der Waals surface area (Å²) in [4.78, 5) is 2.27. The first kappa shape index (κ1) is 20.8.